The molecule has 0 spiro atoms. The van der Waals surface area contributed by atoms with Crippen molar-refractivity contribution >= 4 is 23.4 Å². The van der Waals surface area contributed by atoms with Crippen molar-refractivity contribution in [3.8, 4) is 0 Å². The van der Waals surface area contributed by atoms with Crippen molar-refractivity contribution < 1.29 is 9.59 Å². The van der Waals surface area contributed by atoms with E-state index in [-0.39, 0.29) is 29.9 Å². The Morgan fingerprint density at radius 1 is 1.23 bits per heavy atom. The van der Waals surface area contributed by atoms with Gasteiger partial charge < -0.3 is 16.0 Å². The molecule has 2 amide bonds. The second kappa shape index (κ2) is 10.2. The molecule has 3 heterocycles. The number of nitrogens with one attached hydrogen (secondary N) is 3. The molecule has 8 heteroatoms. The Kier molecular flexibility index (Phi) is 7.17. The minimum absolute atomic E-state index is 0.0205. The molecule has 0 unspecified atom stereocenters. The number of halogens is 1. The zero-order valence-corrected chi connectivity index (χ0v) is 18.1. The first-order chi connectivity index (χ1) is 15.1. The second-order valence-corrected chi connectivity index (χ2v) is 8.67. The summed E-state index contributed by atoms with van der Waals surface area (Å²) in [5, 5.41) is 10.3. The standard InChI is InChI=1S/C23H28ClN5O2/c24-18-5-1-3-16(9-18)12-26-19-10-21-23(31)28-14-20(29(21)15-19)6-7-22(30)27-13-17-4-2-8-25-11-17/h1-5,8-9,11,19-21,26H,6-7,10,12-15H2,(H,27,30)(H,28,31)/t19-,20+,21-/m0/s1. The predicted octanol–water partition coefficient (Wildman–Crippen LogP) is 1.86. The fourth-order valence-corrected chi connectivity index (χ4v) is 4.60. The third kappa shape index (κ3) is 5.81. The van der Waals surface area contributed by atoms with Gasteiger partial charge in [-0.1, -0.05) is 29.8 Å². The molecule has 3 N–H and O–H groups in total. The highest BCUT2D eigenvalue weighted by atomic mass is 35.5. The average molecular weight is 442 g/mol. The molecule has 0 bridgehead atoms. The Morgan fingerprint density at radius 3 is 2.90 bits per heavy atom. The van der Waals surface area contributed by atoms with Crippen LogP contribution in [0.25, 0.3) is 0 Å². The SMILES string of the molecule is O=C(CC[C@@H]1CNC(=O)[C@@H]2C[C@H](NCc3cccc(Cl)c3)CN12)NCc1cccnc1. The molecular formula is C23H28ClN5O2. The van der Waals surface area contributed by atoms with Crippen LogP contribution < -0.4 is 16.0 Å². The first-order valence-corrected chi connectivity index (χ1v) is 11.1. The average Bonchev–Trinajstić information content (AvgIpc) is 3.22. The highest BCUT2D eigenvalue weighted by Crippen LogP contribution is 2.26. The van der Waals surface area contributed by atoms with Gasteiger partial charge in [-0.05, 0) is 42.2 Å². The first-order valence-electron chi connectivity index (χ1n) is 10.8. The lowest BCUT2D eigenvalue weighted by molar-refractivity contribution is -0.129. The molecule has 31 heavy (non-hydrogen) atoms. The van der Waals surface area contributed by atoms with Gasteiger partial charge in [-0.2, -0.15) is 0 Å². The predicted molar refractivity (Wildman–Crippen MR) is 119 cm³/mol. The van der Waals surface area contributed by atoms with E-state index in [1.807, 2.05) is 36.4 Å². The summed E-state index contributed by atoms with van der Waals surface area (Å²) in [7, 11) is 0. The smallest absolute Gasteiger partial charge is 0.237 e. The number of hydrogen-bond donors (Lipinski definition) is 3. The van der Waals surface area contributed by atoms with Crippen molar-refractivity contribution in [3.63, 3.8) is 0 Å². The van der Waals surface area contributed by atoms with E-state index in [2.05, 4.69) is 25.8 Å². The number of benzene rings is 1. The van der Waals surface area contributed by atoms with Gasteiger partial charge in [-0.3, -0.25) is 19.5 Å². The maximum Gasteiger partial charge on any atom is 0.237 e. The van der Waals surface area contributed by atoms with E-state index < -0.39 is 0 Å². The van der Waals surface area contributed by atoms with Gasteiger partial charge in [0.1, 0.15) is 0 Å². The van der Waals surface area contributed by atoms with E-state index in [0.29, 0.717) is 19.5 Å². The molecule has 1 aromatic carbocycles. The summed E-state index contributed by atoms with van der Waals surface area (Å²) in [6, 6.07) is 11.9. The van der Waals surface area contributed by atoms with Crippen LogP contribution in [0.1, 0.15) is 30.4 Å². The number of pyridine rings is 1. The van der Waals surface area contributed by atoms with Crippen molar-refractivity contribution in [1.29, 1.82) is 0 Å². The van der Waals surface area contributed by atoms with E-state index in [1.165, 1.54) is 0 Å². The van der Waals surface area contributed by atoms with E-state index in [9.17, 15) is 9.59 Å². The lowest BCUT2D eigenvalue weighted by Crippen LogP contribution is -2.58. The maximum atomic E-state index is 12.4. The van der Waals surface area contributed by atoms with Gasteiger partial charge in [-0.25, -0.2) is 0 Å². The van der Waals surface area contributed by atoms with E-state index in [4.69, 9.17) is 11.6 Å². The van der Waals surface area contributed by atoms with Gasteiger partial charge in [0, 0.05) is 62.1 Å². The zero-order chi connectivity index (χ0) is 21.6. The number of carbonyl (C=O) groups is 2. The molecule has 0 aliphatic carbocycles. The van der Waals surface area contributed by atoms with E-state index in [1.54, 1.807) is 12.4 Å². The summed E-state index contributed by atoms with van der Waals surface area (Å²) in [5.41, 5.74) is 2.11. The summed E-state index contributed by atoms with van der Waals surface area (Å²) >= 11 is 6.07. The largest absolute Gasteiger partial charge is 0.353 e. The van der Waals surface area contributed by atoms with E-state index >= 15 is 0 Å². The molecule has 2 aliphatic rings. The number of fused-ring (bicyclic) bond motifs is 1. The molecule has 2 saturated heterocycles. The number of hydrogen-bond acceptors (Lipinski definition) is 5. The fourth-order valence-electron chi connectivity index (χ4n) is 4.39. The van der Waals surface area contributed by atoms with Gasteiger partial charge in [0.25, 0.3) is 0 Å². The normalized spacial score (nSPS) is 23.3. The van der Waals surface area contributed by atoms with Gasteiger partial charge in [-0.15, -0.1) is 0 Å². The number of carbonyl (C=O) groups excluding carboxylic acids is 2. The Labute approximate surface area is 187 Å². The molecule has 3 atom stereocenters. The maximum absolute atomic E-state index is 12.4. The van der Waals surface area contributed by atoms with Crippen molar-refractivity contribution in [1.82, 2.24) is 25.8 Å². The second-order valence-electron chi connectivity index (χ2n) is 8.23. The Bertz CT molecular complexity index is 910. The summed E-state index contributed by atoms with van der Waals surface area (Å²) in [5.74, 6) is 0.108. The molecule has 0 radical (unpaired) electrons. The third-order valence-electron chi connectivity index (χ3n) is 6.02. The van der Waals surface area contributed by atoms with Crippen LogP contribution >= 0.6 is 11.6 Å². The van der Waals surface area contributed by atoms with Crippen LogP contribution in [0.3, 0.4) is 0 Å². The van der Waals surface area contributed by atoms with Gasteiger partial charge in [0.05, 0.1) is 6.04 Å². The molecule has 2 aromatic rings. The van der Waals surface area contributed by atoms with Crippen LogP contribution in [0.15, 0.2) is 48.8 Å². The fraction of sp³-hybridized carbons (Fsp3) is 0.435. The third-order valence-corrected chi connectivity index (χ3v) is 6.26. The van der Waals surface area contributed by atoms with Crippen LogP contribution in [0.5, 0.6) is 0 Å². The van der Waals surface area contributed by atoms with Crippen LogP contribution in [-0.4, -0.2) is 52.9 Å². The number of aromatic nitrogens is 1. The van der Waals surface area contributed by atoms with Gasteiger partial charge in [0.15, 0.2) is 0 Å². The Morgan fingerprint density at radius 2 is 2.10 bits per heavy atom. The first kappa shape index (κ1) is 21.7. The quantitative estimate of drug-likeness (QED) is 0.582. The van der Waals surface area contributed by atoms with E-state index in [0.717, 1.165) is 42.1 Å². The van der Waals surface area contributed by atoms with Crippen LogP contribution in [0.4, 0.5) is 0 Å². The van der Waals surface area contributed by atoms with Gasteiger partial charge >= 0.3 is 0 Å². The van der Waals surface area contributed by atoms with Crippen LogP contribution in [0, 0.1) is 0 Å². The molecular weight excluding hydrogens is 414 g/mol. The lowest BCUT2D eigenvalue weighted by Gasteiger charge is -2.37. The molecule has 164 valence electrons. The van der Waals surface area contributed by atoms with Crippen LogP contribution in [0.2, 0.25) is 5.02 Å². The number of piperazine rings is 1. The summed E-state index contributed by atoms with van der Waals surface area (Å²) in [6.07, 6.45) is 5.39. The molecule has 1 aromatic heterocycles. The van der Waals surface area contributed by atoms with Crippen molar-refractivity contribution in [3.05, 3.63) is 64.9 Å². The number of rotatable bonds is 8. The molecule has 0 saturated carbocycles. The molecule has 2 aliphatic heterocycles. The summed E-state index contributed by atoms with van der Waals surface area (Å²) in [4.78, 5) is 31.0. The van der Waals surface area contributed by atoms with Crippen molar-refractivity contribution in [2.45, 2.75) is 50.5 Å². The summed E-state index contributed by atoms with van der Waals surface area (Å²) < 4.78 is 0. The summed E-state index contributed by atoms with van der Waals surface area (Å²) in [6.45, 7) is 2.59. The van der Waals surface area contributed by atoms with Crippen LogP contribution in [-0.2, 0) is 22.7 Å². The lowest BCUT2D eigenvalue weighted by atomic mass is 10.0. The number of amides is 2. The zero-order valence-electron chi connectivity index (χ0n) is 17.4. The minimum Gasteiger partial charge on any atom is -0.353 e. The monoisotopic (exact) mass is 441 g/mol. The Balaban J connectivity index is 1.26. The molecule has 2 fully saturated rings. The highest BCUT2D eigenvalue weighted by molar-refractivity contribution is 6.30. The number of nitrogens with zero attached hydrogens (tertiary/aromatic N) is 2. The van der Waals surface area contributed by atoms with Crippen molar-refractivity contribution in [2.24, 2.45) is 0 Å². The molecule has 4 rings (SSSR count). The molecule has 7 nitrogen and oxygen atoms in total. The van der Waals surface area contributed by atoms with Crippen molar-refractivity contribution in [2.75, 3.05) is 13.1 Å². The van der Waals surface area contributed by atoms with Gasteiger partial charge in [0.2, 0.25) is 11.8 Å². The highest BCUT2D eigenvalue weighted by Gasteiger charge is 2.43. The Hall–Kier alpha value is -2.48. The topological polar surface area (TPSA) is 86.4 Å². The minimum atomic E-state index is -0.130.